The standard InChI is InChI=1S/C2H2O4.Li.V.H/c3-1(4)2(5)6;;;/h(H,3,4)(H,5,6);;;/q;+1;;-1. The van der Waals surface area contributed by atoms with Crippen LogP contribution in [0, 0.1) is 0 Å². The fourth-order valence-electron chi connectivity index (χ4n) is 0. The van der Waals surface area contributed by atoms with Gasteiger partial charge in [0.1, 0.15) is 0 Å². The van der Waals surface area contributed by atoms with Gasteiger partial charge in [-0.2, -0.15) is 0 Å². The summed E-state index contributed by atoms with van der Waals surface area (Å²) in [5, 5.41) is 14.8. The van der Waals surface area contributed by atoms with Crippen molar-refractivity contribution in [3.63, 3.8) is 0 Å². The Hall–Kier alpha value is 0.122. The van der Waals surface area contributed by atoms with Crippen LogP contribution in [0.4, 0.5) is 0 Å². The Kier molecular flexibility index (Phi) is 14.0. The Morgan fingerprint density at radius 3 is 1.25 bits per heavy atom. The third-order valence-electron chi connectivity index (χ3n) is 0.183. The van der Waals surface area contributed by atoms with Crippen LogP contribution in [-0.4, -0.2) is 22.2 Å². The van der Waals surface area contributed by atoms with Crippen molar-refractivity contribution in [3.8, 4) is 0 Å². The number of rotatable bonds is 0. The van der Waals surface area contributed by atoms with Crippen molar-refractivity contribution in [2.24, 2.45) is 0 Å². The number of carbonyl (C=O) groups is 2. The molecule has 0 aliphatic rings. The molecule has 4 nitrogen and oxygen atoms in total. The molecule has 0 aromatic carbocycles. The predicted molar refractivity (Wildman–Crippen MR) is 16.4 cm³/mol. The maximum Gasteiger partial charge on any atom is 1.00 e. The Bertz CT molecular complexity index is 84.6. The van der Waals surface area contributed by atoms with E-state index in [0.29, 0.717) is 0 Å². The van der Waals surface area contributed by atoms with E-state index in [0.717, 1.165) is 0 Å². The van der Waals surface area contributed by atoms with Crippen molar-refractivity contribution >= 4 is 11.9 Å². The first kappa shape index (κ1) is 15.7. The van der Waals surface area contributed by atoms with Crippen molar-refractivity contribution in [3.05, 3.63) is 0 Å². The van der Waals surface area contributed by atoms with Crippen LogP contribution in [0.3, 0.4) is 0 Å². The van der Waals surface area contributed by atoms with Crippen molar-refractivity contribution in [1.82, 2.24) is 0 Å². The van der Waals surface area contributed by atoms with E-state index >= 15 is 0 Å². The first-order chi connectivity index (χ1) is 2.64. The van der Waals surface area contributed by atoms with Crippen LogP contribution in [0.5, 0.6) is 0 Å². The maximum atomic E-state index is 9.10. The summed E-state index contributed by atoms with van der Waals surface area (Å²) in [6, 6.07) is 0. The summed E-state index contributed by atoms with van der Waals surface area (Å²) in [6.07, 6.45) is 0. The molecule has 0 fully saturated rings. The Morgan fingerprint density at radius 1 is 1.12 bits per heavy atom. The van der Waals surface area contributed by atoms with Gasteiger partial charge >= 0.3 is 30.8 Å². The molecule has 0 heterocycles. The number of hydrogen-bond acceptors (Lipinski definition) is 2. The quantitative estimate of drug-likeness (QED) is 0.274. The maximum absolute atomic E-state index is 9.10. The van der Waals surface area contributed by atoms with Crippen LogP contribution < -0.4 is 18.9 Å². The van der Waals surface area contributed by atoms with E-state index in [1.807, 2.05) is 0 Å². The largest absolute Gasteiger partial charge is 1.00 e. The molecule has 41 valence electrons. The summed E-state index contributed by atoms with van der Waals surface area (Å²) in [4.78, 5) is 18.2. The Labute approximate surface area is 70.8 Å². The van der Waals surface area contributed by atoms with Gasteiger partial charge in [-0.15, -0.1) is 0 Å². The minimum absolute atomic E-state index is 0. The number of hydrogen-bond donors (Lipinski definition) is 2. The first-order valence-electron chi connectivity index (χ1n) is 1.11. The molecule has 0 aliphatic heterocycles. The zero-order valence-corrected chi connectivity index (χ0v) is 5.55. The molecule has 0 bridgehead atoms. The molecule has 6 heteroatoms. The van der Waals surface area contributed by atoms with E-state index in [9.17, 15) is 0 Å². The Morgan fingerprint density at radius 2 is 1.25 bits per heavy atom. The topological polar surface area (TPSA) is 74.6 Å². The number of carboxylic acid groups (broad SMARTS) is 2. The number of carboxylic acids is 2. The van der Waals surface area contributed by atoms with Gasteiger partial charge in [0.15, 0.2) is 0 Å². The zero-order chi connectivity index (χ0) is 5.15. The van der Waals surface area contributed by atoms with Gasteiger partial charge in [0.25, 0.3) is 0 Å². The second-order valence-electron chi connectivity index (χ2n) is 0.610. The molecule has 0 aliphatic carbocycles. The molecule has 0 saturated carbocycles. The van der Waals surface area contributed by atoms with Crippen molar-refractivity contribution < 1.29 is 58.6 Å². The molecule has 0 aromatic heterocycles. The van der Waals surface area contributed by atoms with E-state index in [1.54, 1.807) is 0 Å². The van der Waals surface area contributed by atoms with Gasteiger partial charge < -0.3 is 11.6 Å². The minimum atomic E-state index is -1.82. The molecule has 0 amide bonds. The fourth-order valence-corrected chi connectivity index (χ4v) is 0. The van der Waals surface area contributed by atoms with Crippen molar-refractivity contribution in [1.29, 1.82) is 0 Å². The average Bonchev–Trinajstić information content (AvgIpc) is 1.36. The average molecular weight is 149 g/mol. The van der Waals surface area contributed by atoms with Gasteiger partial charge in [-0.3, -0.25) is 0 Å². The predicted octanol–water partition coefficient (Wildman–Crippen LogP) is -3.73. The monoisotopic (exact) mass is 149 g/mol. The van der Waals surface area contributed by atoms with E-state index < -0.39 is 11.9 Å². The fraction of sp³-hybridized carbons (Fsp3) is 0. The molecule has 2 N–H and O–H groups in total. The van der Waals surface area contributed by atoms with E-state index in [2.05, 4.69) is 0 Å². The third kappa shape index (κ3) is 9.45. The number of aliphatic carboxylic acids is 2. The summed E-state index contributed by atoms with van der Waals surface area (Å²) in [5.74, 6) is -3.65. The second-order valence-corrected chi connectivity index (χ2v) is 0.610. The molecule has 0 rings (SSSR count). The summed E-state index contributed by atoms with van der Waals surface area (Å²) in [5.41, 5.74) is 0. The molecule has 1 radical (unpaired) electrons. The van der Waals surface area contributed by atoms with Gasteiger partial charge in [-0.1, -0.05) is 0 Å². The van der Waals surface area contributed by atoms with Gasteiger partial charge in [0.2, 0.25) is 0 Å². The van der Waals surface area contributed by atoms with E-state index in [4.69, 9.17) is 19.8 Å². The zero-order valence-electron chi connectivity index (χ0n) is 5.16. The summed E-state index contributed by atoms with van der Waals surface area (Å²) in [7, 11) is 0. The molecule has 0 aromatic rings. The van der Waals surface area contributed by atoms with Crippen LogP contribution in [-0.2, 0) is 28.1 Å². The van der Waals surface area contributed by atoms with Crippen molar-refractivity contribution in [2.45, 2.75) is 0 Å². The summed E-state index contributed by atoms with van der Waals surface area (Å²) >= 11 is 0. The van der Waals surface area contributed by atoms with Gasteiger partial charge in [-0.25, -0.2) is 9.59 Å². The molecule has 0 saturated heterocycles. The molecule has 0 atom stereocenters. The molecular formula is C2H3LiO4V. The smallest absolute Gasteiger partial charge is 1.00 e. The van der Waals surface area contributed by atoms with Crippen LogP contribution in [0.2, 0.25) is 0 Å². The SMILES string of the molecule is O=C(O)C(=O)O.[H-].[Li+].[V]. The van der Waals surface area contributed by atoms with Crippen LogP contribution >= 0.6 is 0 Å². The first-order valence-corrected chi connectivity index (χ1v) is 1.11. The Balaban J connectivity index is -0.0000000417. The molecule has 0 unspecified atom stereocenters. The van der Waals surface area contributed by atoms with Gasteiger partial charge in [0.05, 0.1) is 0 Å². The second kappa shape index (κ2) is 7.12. The van der Waals surface area contributed by atoms with Crippen LogP contribution in [0.25, 0.3) is 0 Å². The molecule has 8 heavy (non-hydrogen) atoms. The summed E-state index contributed by atoms with van der Waals surface area (Å²) < 4.78 is 0. The minimum Gasteiger partial charge on any atom is -1.00 e. The molecule has 0 spiro atoms. The van der Waals surface area contributed by atoms with Gasteiger partial charge in [0, 0.05) is 18.6 Å². The van der Waals surface area contributed by atoms with Crippen LogP contribution in [0.1, 0.15) is 1.43 Å². The van der Waals surface area contributed by atoms with E-state index in [-0.39, 0.29) is 38.8 Å². The summed E-state index contributed by atoms with van der Waals surface area (Å²) in [6.45, 7) is 0. The van der Waals surface area contributed by atoms with Crippen LogP contribution in [0.15, 0.2) is 0 Å². The normalized spacial score (nSPS) is 5.50. The van der Waals surface area contributed by atoms with Gasteiger partial charge in [-0.05, 0) is 0 Å². The third-order valence-corrected chi connectivity index (χ3v) is 0.183. The van der Waals surface area contributed by atoms with E-state index in [1.165, 1.54) is 0 Å². The van der Waals surface area contributed by atoms with Crippen molar-refractivity contribution in [2.75, 3.05) is 0 Å². The molecular weight excluding hydrogens is 146 g/mol.